The molecule has 0 bridgehead atoms. The molecule has 4 nitrogen and oxygen atoms in total. The minimum atomic E-state index is -0.627. The topological polar surface area (TPSA) is 64.3 Å². The lowest BCUT2D eigenvalue weighted by atomic mass is 10.1. The third-order valence-electron chi connectivity index (χ3n) is 2.41. The molecule has 5 heteroatoms. The van der Waals surface area contributed by atoms with Crippen molar-refractivity contribution in [2.45, 2.75) is 19.0 Å². The number of nitrogens with two attached hydrogens (primary N) is 1. The first-order chi connectivity index (χ1) is 8.04. The molecule has 0 radical (unpaired) electrons. The highest BCUT2D eigenvalue weighted by molar-refractivity contribution is 9.10. The molecule has 2 atom stereocenters. The minimum Gasteiger partial charge on any atom is -0.383 e. The lowest BCUT2D eigenvalue weighted by Gasteiger charge is -2.17. The summed E-state index contributed by atoms with van der Waals surface area (Å²) >= 11 is 3.37. The zero-order valence-corrected chi connectivity index (χ0v) is 11.5. The Morgan fingerprint density at radius 3 is 2.59 bits per heavy atom. The first-order valence-corrected chi connectivity index (χ1v) is 6.14. The van der Waals surface area contributed by atoms with Gasteiger partial charge in [-0.05, 0) is 24.6 Å². The van der Waals surface area contributed by atoms with Crippen LogP contribution in [0.1, 0.15) is 18.5 Å². The molecule has 0 aliphatic rings. The van der Waals surface area contributed by atoms with Gasteiger partial charge in [0.1, 0.15) is 6.04 Å². The molecule has 94 valence electrons. The number of hydrogen-bond donors (Lipinski definition) is 2. The van der Waals surface area contributed by atoms with Crippen LogP contribution < -0.4 is 11.1 Å². The van der Waals surface area contributed by atoms with Crippen molar-refractivity contribution in [3.8, 4) is 0 Å². The summed E-state index contributed by atoms with van der Waals surface area (Å²) in [5, 5.41) is 2.84. The summed E-state index contributed by atoms with van der Waals surface area (Å²) in [6.45, 7) is 2.14. The van der Waals surface area contributed by atoms with Crippen LogP contribution in [0.3, 0.4) is 0 Å². The number of ether oxygens (including phenoxy) is 1. The summed E-state index contributed by atoms with van der Waals surface area (Å²) in [5.74, 6) is -0.206. The van der Waals surface area contributed by atoms with Crippen molar-refractivity contribution in [3.05, 3.63) is 34.3 Å². The van der Waals surface area contributed by atoms with Gasteiger partial charge in [0.05, 0.1) is 12.6 Å². The predicted octanol–water partition coefficient (Wildman–Crippen LogP) is 1.60. The Bertz CT molecular complexity index is 367. The van der Waals surface area contributed by atoms with Gasteiger partial charge in [0.15, 0.2) is 0 Å². The number of hydrogen-bond acceptors (Lipinski definition) is 3. The van der Waals surface area contributed by atoms with Gasteiger partial charge in [0.2, 0.25) is 5.91 Å². The molecule has 0 aliphatic carbocycles. The van der Waals surface area contributed by atoms with Crippen molar-refractivity contribution >= 4 is 21.8 Å². The molecule has 1 aromatic rings. The second kappa shape index (κ2) is 6.74. The molecule has 3 N–H and O–H groups in total. The molecule has 0 aliphatic heterocycles. The van der Waals surface area contributed by atoms with E-state index >= 15 is 0 Å². The zero-order valence-electron chi connectivity index (χ0n) is 9.94. The highest BCUT2D eigenvalue weighted by atomic mass is 79.9. The second-order valence-corrected chi connectivity index (χ2v) is 4.76. The summed E-state index contributed by atoms with van der Waals surface area (Å²) in [6, 6.07) is 7.09. The summed E-state index contributed by atoms with van der Waals surface area (Å²) in [6.07, 6.45) is 0. The quantitative estimate of drug-likeness (QED) is 0.868. The van der Waals surface area contributed by atoms with E-state index in [1.807, 2.05) is 31.2 Å². The van der Waals surface area contributed by atoms with E-state index < -0.39 is 6.04 Å². The molecule has 17 heavy (non-hydrogen) atoms. The fraction of sp³-hybridized carbons (Fsp3) is 0.417. The molecular weight excluding hydrogens is 284 g/mol. The smallest absolute Gasteiger partial charge is 0.239 e. The normalized spacial score (nSPS) is 14.1. The van der Waals surface area contributed by atoms with Crippen LogP contribution in [-0.4, -0.2) is 25.7 Å². The number of carbonyl (C=O) groups excluding carboxylic acids is 1. The van der Waals surface area contributed by atoms with E-state index in [2.05, 4.69) is 21.2 Å². The van der Waals surface area contributed by atoms with Gasteiger partial charge in [-0.15, -0.1) is 0 Å². The molecule has 0 saturated heterocycles. The number of nitrogens with one attached hydrogen (secondary N) is 1. The van der Waals surface area contributed by atoms with Crippen LogP contribution in [0, 0.1) is 0 Å². The van der Waals surface area contributed by atoms with E-state index in [1.165, 1.54) is 7.11 Å². The highest BCUT2D eigenvalue weighted by Crippen LogP contribution is 2.16. The van der Waals surface area contributed by atoms with Crippen molar-refractivity contribution in [1.82, 2.24) is 5.32 Å². The first kappa shape index (κ1) is 14.2. The summed E-state index contributed by atoms with van der Waals surface area (Å²) < 4.78 is 5.85. The van der Waals surface area contributed by atoms with Crippen molar-refractivity contribution in [2.75, 3.05) is 13.7 Å². The number of carbonyl (C=O) groups is 1. The third-order valence-corrected chi connectivity index (χ3v) is 2.94. The van der Waals surface area contributed by atoms with Gasteiger partial charge in [0.25, 0.3) is 0 Å². The fourth-order valence-electron chi connectivity index (χ4n) is 1.41. The summed E-state index contributed by atoms with van der Waals surface area (Å²) in [4.78, 5) is 11.7. The standard InChI is InChI=1S/C12H17BrN2O2/c1-8(9-3-5-10(13)6-4-9)15-12(16)11(14)7-17-2/h3-6,8,11H,7,14H2,1-2H3,(H,15,16)/t8-,11?/m1/s1. The van der Waals surface area contributed by atoms with Gasteiger partial charge < -0.3 is 15.8 Å². The lowest BCUT2D eigenvalue weighted by Crippen LogP contribution is -2.44. The maximum atomic E-state index is 11.7. The highest BCUT2D eigenvalue weighted by Gasteiger charge is 2.16. The monoisotopic (exact) mass is 300 g/mol. The molecule has 0 heterocycles. The minimum absolute atomic E-state index is 0.0708. The maximum absolute atomic E-state index is 11.7. The van der Waals surface area contributed by atoms with Gasteiger partial charge in [-0.1, -0.05) is 28.1 Å². The summed E-state index contributed by atoms with van der Waals surface area (Å²) in [7, 11) is 1.52. The first-order valence-electron chi connectivity index (χ1n) is 5.35. The Kier molecular flexibility index (Phi) is 5.61. The van der Waals surface area contributed by atoms with Gasteiger partial charge in [0, 0.05) is 11.6 Å². The molecule has 1 unspecified atom stereocenters. The Balaban J connectivity index is 2.57. The second-order valence-electron chi connectivity index (χ2n) is 3.84. The molecule has 1 amide bonds. The Morgan fingerprint density at radius 2 is 2.06 bits per heavy atom. The van der Waals surface area contributed by atoms with Crippen molar-refractivity contribution in [1.29, 1.82) is 0 Å². The average molecular weight is 301 g/mol. The van der Waals surface area contributed by atoms with Crippen LogP contribution >= 0.6 is 15.9 Å². The van der Waals surface area contributed by atoms with Gasteiger partial charge in [-0.3, -0.25) is 4.79 Å². The number of halogens is 1. The van der Waals surface area contributed by atoms with E-state index in [0.717, 1.165) is 10.0 Å². The molecule has 0 saturated carbocycles. The molecule has 0 spiro atoms. The number of benzene rings is 1. The zero-order chi connectivity index (χ0) is 12.8. The van der Waals surface area contributed by atoms with E-state index in [0.29, 0.717) is 0 Å². The number of rotatable bonds is 5. The average Bonchev–Trinajstić information content (AvgIpc) is 2.30. The molecule has 0 aromatic heterocycles. The molecule has 1 rings (SSSR count). The van der Waals surface area contributed by atoms with Gasteiger partial charge in [-0.25, -0.2) is 0 Å². The number of methoxy groups -OCH3 is 1. The Labute approximate surface area is 110 Å². The predicted molar refractivity (Wildman–Crippen MR) is 70.6 cm³/mol. The van der Waals surface area contributed by atoms with Crippen LogP contribution in [0.15, 0.2) is 28.7 Å². The van der Waals surface area contributed by atoms with Crippen LogP contribution in [0.5, 0.6) is 0 Å². The van der Waals surface area contributed by atoms with E-state index in [-0.39, 0.29) is 18.6 Å². The molecule has 0 fully saturated rings. The van der Waals surface area contributed by atoms with E-state index in [4.69, 9.17) is 10.5 Å². The molecule has 1 aromatic carbocycles. The van der Waals surface area contributed by atoms with Crippen molar-refractivity contribution in [3.63, 3.8) is 0 Å². The van der Waals surface area contributed by atoms with Crippen LogP contribution in [-0.2, 0) is 9.53 Å². The fourth-order valence-corrected chi connectivity index (χ4v) is 1.67. The van der Waals surface area contributed by atoms with E-state index in [9.17, 15) is 4.79 Å². The summed E-state index contributed by atoms with van der Waals surface area (Å²) in [5.41, 5.74) is 6.67. The molecular formula is C12H17BrN2O2. The van der Waals surface area contributed by atoms with Crippen LogP contribution in [0.2, 0.25) is 0 Å². The maximum Gasteiger partial charge on any atom is 0.239 e. The lowest BCUT2D eigenvalue weighted by molar-refractivity contribution is -0.124. The Hall–Kier alpha value is -0.910. The van der Waals surface area contributed by atoms with Gasteiger partial charge in [-0.2, -0.15) is 0 Å². The SMILES string of the molecule is COCC(N)C(=O)N[C@H](C)c1ccc(Br)cc1. The van der Waals surface area contributed by atoms with Gasteiger partial charge >= 0.3 is 0 Å². The van der Waals surface area contributed by atoms with Crippen LogP contribution in [0.4, 0.5) is 0 Å². The Morgan fingerprint density at radius 1 is 1.47 bits per heavy atom. The number of amides is 1. The largest absolute Gasteiger partial charge is 0.383 e. The van der Waals surface area contributed by atoms with Crippen molar-refractivity contribution in [2.24, 2.45) is 5.73 Å². The van der Waals surface area contributed by atoms with Crippen LogP contribution in [0.25, 0.3) is 0 Å². The third kappa shape index (κ3) is 4.46. The van der Waals surface area contributed by atoms with Crippen molar-refractivity contribution < 1.29 is 9.53 Å². The van der Waals surface area contributed by atoms with E-state index in [1.54, 1.807) is 0 Å².